The van der Waals surface area contributed by atoms with Crippen molar-refractivity contribution in [3.05, 3.63) is 82.4 Å². The van der Waals surface area contributed by atoms with Crippen molar-refractivity contribution in [2.75, 3.05) is 13.2 Å². The van der Waals surface area contributed by atoms with Gasteiger partial charge in [-0.2, -0.15) is 0 Å². The highest BCUT2D eigenvalue weighted by atomic mass is 16.7. The highest BCUT2D eigenvalue weighted by molar-refractivity contribution is 5.66. The van der Waals surface area contributed by atoms with Crippen LogP contribution in [0.2, 0.25) is 0 Å². The maximum atomic E-state index is 12.0. The smallest absolute Gasteiger partial charge is 0.187 e. The van der Waals surface area contributed by atoms with Gasteiger partial charge in [0.05, 0.1) is 19.1 Å². The van der Waals surface area contributed by atoms with Crippen LogP contribution in [0, 0.1) is 0 Å². The normalized spacial score (nSPS) is 33.7. The van der Waals surface area contributed by atoms with E-state index in [1.54, 1.807) is 0 Å². The third-order valence-corrected chi connectivity index (χ3v) is 11.9. The van der Waals surface area contributed by atoms with Crippen molar-refractivity contribution in [1.82, 2.24) is 0 Å². The summed E-state index contributed by atoms with van der Waals surface area (Å²) in [6, 6.07) is 9.89. The Kier molecular flexibility index (Phi) is 12.2. The van der Waals surface area contributed by atoms with E-state index in [0.717, 1.165) is 42.5 Å². The molecule has 22 nitrogen and oxygen atoms in total. The molecule has 15 atom stereocenters. The molecule has 22 heteroatoms. The van der Waals surface area contributed by atoms with Crippen molar-refractivity contribution >= 4 is 0 Å². The largest absolute Gasteiger partial charge is 0.508 e. The highest BCUT2D eigenvalue weighted by Crippen LogP contribution is 2.59. The first-order valence-corrected chi connectivity index (χ1v) is 19.8. The number of fused-ring (bicyclic) bond motifs is 2. The Morgan fingerprint density at radius 3 is 1.58 bits per heavy atom. The van der Waals surface area contributed by atoms with Crippen LogP contribution in [-0.4, -0.2) is 169 Å². The molecule has 3 unspecified atom stereocenters. The van der Waals surface area contributed by atoms with Gasteiger partial charge in [-0.05, 0) is 35.4 Å². The Morgan fingerprint density at radius 2 is 1.03 bits per heavy atom. The lowest BCUT2D eigenvalue weighted by Gasteiger charge is -2.46. The zero-order chi connectivity index (χ0) is 46.0. The Labute approximate surface area is 361 Å². The summed E-state index contributed by atoms with van der Waals surface area (Å²) in [5.41, 5.74) is -0.562. The second-order valence-electron chi connectivity index (χ2n) is 15.9. The SMILES string of the molecule is OC[C@H]1OC(O[C@H]2Cc3c(O)cc(O)c(C4c5c(O)cc(O)cc5O[C@H](c5ccc(O)c(O)c5)[C@H]4OC4O[C@H](CO)[C@@H](O)[C@H](O)[C@H]4O)c3O[C@@H]2c2ccc(O)c(O)c2)[C@H](O)[C@@H](O)[C@@H]1O. The first kappa shape index (κ1) is 45.0. The lowest BCUT2D eigenvalue weighted by atomic mass is 9.77. The molecule has 16 N–H and O–H groups in total. The van der Waals surface area contributed by atoms with E-state index in [4.69, 9.17) is 28.4 Å². The third-order valence-electron chi connectivity index (χ3n) is 11.9. The number of hydrogen-bond acceptors (Lipinski definition) is 22. The molecule has 0 saturated carbocycles. The molecule has 0 radical (unpaired) electrons. The van der Waals surface area contributed by atoms with Crippen LogP contribution in [0.3, 0.4) is 0 Å². The Bertz CT molecular complexity index is 2360. The van der Waals surface area contributed by atoms with Gasteiger partial charge >= 0.3 is 0 Å². The molecule has 2 fully saturated rings. The quantitative estimate of drug-likeness (QED) is 0.0863. The Morgan fingerprint density at radius 1 is 0.500 bits per heavy atom. The minimum absolute atomic E-state index is 0.0295. The zero-order valence-electron chi connectivity index (χ0n) is 33.1. The molecular weight excluding hydrogens is 856 g/mol. The molecule has 0 amide bonds. The van der Waals surface area contributed by atoms with E-state index in [1.165, 1.54) is 12.1 Å². The molecular formula is C42H46O22. The lowest BCUT2D eigenvalue weighted by molar-refractivity contribution is -0.319. The second-order valence-corrected chi connectivity index (χ2v) is 15.9. The highest BCUT2D eigenvalue weighted by Gasteiger charge is 2.53. The Balaban J connectivity index is 1.33. The van der Waals surface area contributed by atoms with E-state index in [2.05, 4.69) is 0 Å². The van der Waals surface area contributed by atoms with E-state index in [1.807, 2.05) is 0 Å². The summed E-state index contributed by atoms with van der Waals surface area (Å²) in [6.07, 6.45) is -24.5. The Hall–Kier alpha value is -5.60. The van der Waals surface area contributed by atoms with Crippen molar-refractivity contribution < 1.29 is 110 Å². The molecule has 4 aliphatic heterocycles. The van der Waals surface area contributed by atoms with Gasteiger partial charge in [-0.25, -0.2) is 0 Å². The van der Waals surface area contributed by atoms with Gasteiger partial charge in [0.1, 0.15) is 95.5 Å². The molecule has 2 saturated heterocycles. The molecule has 0 bridgehead atoms. The average molecular weight is 903 g/mol. The van der Waals surface area contributed by atoms with Gasteiger partial charge in [-0.15, -0.1) is 0 Å². The summed E-state index contributed by atoms with van der Waals surface area (Å²) in [7, 11) is 0. The number of phenolic OH excluding ortho intramolecular Hbond substituents is 8. The fraction of sp³-hybridized carbons (Fsp3) is 0.429. The van der Waals surface area contributed by atoms with Crippen LogP contribution in [0.1, 0.15) is 45.9 Å². The van der Waals surface area contributed by atoms with E-state index >= 15 is 0 Å². The fourth-order valence-electron chi connectivity index (χ4n) is 8.62. The van der Waals surface area contributed by atoms with Crippen LogP contribution < -0.4 is 9.47 Å². The maximum Gasteiger partial charge on any atom is 0.187 e. The number of aromatic hydroxyl groups is 8. The molecule has 4 heterocycles. The number of aliphatic hydroxyl groups excluding tert-OH is 8. The van der Waals surface area contributed by atoms with Crippen molar-refractivity contribution in [2.24, 2.45) is 0 Å². The van der Waals surface area contributed by atoms with E-state index in [-0.39, 0.29) is 39.3 Å². The standard InChI is InChI=1S/C42H46O22/c43-11-26-31(53)33(55)35(57)41(61-26)60-25-9-16-19(48)10-23(52)29(39(16)63-37(25)13-1-3-17(46)20(49)5-13)30-28-22(51)7-15(45)8-24(28)59-38(14-2-4-18(47)21(50)6-14)40(30)64-42-36(58)34(56)32(54)27(12-44)62-42/h1-8,10,25-27,30-38,40-58H,9,11-12H2/t25-,26+,27+,30?,31+,32+,33-,34-,35+,36+,37+,38+,40-,41?,42?/m0/s1. The van der Waals surface area contributed by atoms with Crippen LogP contribution >= 0.6 is 0 Å². The van der Waals surface area contributed by atoms with E-state index in [9.17, 15) is 81.7 Å². The fourth-order valence-corrected chi connectivity index (χ4v) is 8.62. The third kappa shape index (κ3) is 7.86. The van der Waals surface area contributed by atoms with Gasteiger partial charge in [-0.1, -0.05) is 12.1 Å². The van der Waals surface area contributed by atoms with Crippen LogP contribution in [0.15, 0.2) is 54.6 Å². The molecule has 4 aromatic rings. The average Bonchev–Trinajstić information content (AvgIpc) is 3.26. The zero-order valence-corrected chi connectivity index (χ0v) is 33.1. The predicted molar refractivity (Wildman–Crippen MR) is 209 cm³/mol. The molecule has 0 spiro atoms. The number of hydrogen-bond donors (Lipinski definition) is 16. The first-order chi connectivity index (χ1) is 30.4. The molecule has 0 aliphatic carbocycles. The first-order valence-electron chi connectivity index (χ1n) is 19.8. The van der Waals surface area contributed by atoms with Crippen LogP contribution in [0.25, 0.3) is 0 Å². The predicted octanol–water partition coefficient (Wildman–Crippen LogP) is -1.36. The summed E-state index contributed by atoms with van der Waals surface area (Å²) in [6.45, 7) is -1.67. The summed E-state index contributed by atoms with van der Waals surface area (Å²) in [5.74, 6) is -7.14. The molecule has 0 aromatic heterocycles. The van der Waals surface area contributed by atoms with Gasteiger partial charge in [0.2, 0.25) is 0 Å². The molecule has 64 heavy (non-hydrogen) atoms. The van der Waals surface area contributed by atoms with Gasteiger partial charge in [0.25, 0.3) is 0 Å². The van der Waals surface area contributed by atoms with Crippen LogP contribution in [0.4, 0.5) is 0 Å². The van der Waals surface area contributed by atoms with Gasteiger partial charge in [-0.3, -0.25) is 0 Å². The summed E-state index contributed by atoms with van der Waals surface area (Å²) < 4.78 is 36.8. The number of rotatable bonds is 9. The minimum atomic E-state index is -2.03. The van der Waals surface area contributed by atoms with Crippen LogP contribution in [0.5, 0.6) is 57.5 Å². The topological polar surface area (TPSA) is 379 Å². The number of aliphatic hydroxyl groups is 8. The number of ether oxygens (including phenoxy) is 6. The molecule has 4 aliphatic rings. The number of benzene rings is 4. The molecule has 8 rings (SSSR count). The lowest BCUT2D eigenvalue weighted by Crippen LogP contribution is -2.60. The van der Waals surface area contributed by atoms with Crippen LogP contribution in [-0.2, 0) is 25.4 Å². The van der Waals surface area contributed by atoms with Crippen molar-refractivity contribution in [1.29, 1.82) is 0 Å². The van der Waals surface area contributed by atoms with E-state index < -0.39 is 157 Å². The molecule has 4 aromatic carbocycles. The maximum absolute atomic E-state index is 12.0. The van der Waals surface area contributed by atoms with Gasteiger partial charge in [0.15, 0.2) is 47.8 Å². The summed E-state index contributed by atoms with van der Waals surface area (Å²) in [5, 5.41) is 172. The van der Waals surface area contributed by atoms with Gasteiger partial charge < -0.3 is 110 Å². The van der Waals surface area contributed by atoms with Crippen molar-refractivity contribution in [3.8, 4) is 57.5 Å². The second kappa shape index (κ2) is 17.4. The summed E-state index contributed by atoms with van der Waals surface area (Å²) >= 11 is 0. The van der Waals surface area contributed by atoms with Gasteiger partial charge in [0, 0.05) is 41.3 Å². The monoisotopic (exact) mass is 902 g/mol. The van der Waals surface area contributed by atoms with Crippen molar-refractivity contribution in [3.63, 3.8) is 0 Å². The van der Waals surface area contributed by atoms with Crippen molar-refractivity contribution in [2.45, 2.75) is 98.2 Å². The molecule has 346 valence electrons. The number of phenols is 8. The van der Waals surface area contributed by atoms with E-state index in [0.29, 0.717) is 0 Å². The minimum Gasteiger partial charge on any atom is -0.508 e. The summed E-state index contributed by atoms with van der Waals surface area (Å²) in [4.78, 5) is 0.